The molecule has 0 aromatic heterocycles. The summed E-state index contributed by atoms with van der Waals surface area (Å²) in [5, 5.41) is 3.36. The maximum absolute atomic E-state index is 5.51. The van der Waals surface area contributed by atoms with Crippen molar-refractivity contribution < 1.29 is 0 Å². The molecule has 2 nitrogen and oxygen atoms in total. The lowest BCUT2D eigenvalue weighted by atomic mass is 10.0. The van der Waals surface area contributed by atoms with E-state index in [1.54, 1.807) is 0 Å². The summed E-state index contributed by atoms with van der Waals surface area (Å²) in [6.07, 6.45) is 2.53. The first-order valence-corrected chi connectivity index (χ1v) is 3.22. The van der Waals surface area contributed by atoms with Gasteiger partial charge in [-0.3, -0.25) is 0 Å². The highest BCUT2D eigenvalue weighted by atomic mass is 15.0. The van der Waals surface area contributed by atoms with Crippen molar-refractivity contribution in [3.8, 4) is 0 Å². The number of nitrogens with one attached hydrogen (secondary N) is 1. The molecule has 2 heteroatoms. The highest BCUT2D eigenvalue weighted by Gasteiger charge is 2.25. The molecule has 1 aliphatic heterocycles. The van der Waals surface area contributed by atoms with E-state index >= 15 is 0 Å². The molecule has 1 atom stereocenters. The zero-order chi connectivity index (χ0) is 6.04. The number of rotatable bonds is 1. The minimum Gasteiger partial charge on any atom is -0.329 e. The highest BCUT2D eigenvalue weighted by molar-refractivity contribution is 4.88. The van der Waals surface area contributed by atoms with Crippen molar-refractivity contribution in [2.24, 2.45) is 5.73 Å². The summed E-state index contributed by atoms with van der Waals surface area (Å²) in [5.74, 6) is 0. The first kappa shape index (κ1) is 6.05. The van der Waals surface area contributed by atoms with Crippen LogP contribution in [0.5, 0.6) is 0 Å². The minimum absolute atomic E-state index is 0.264. The molecule has 0 radical (unpaired) electrons. The standard InChI is InChI=1S/C6H14N2/c1-6(5-7)3-2-4-8-6/h8H,2-5,7H2,1H3. The predicted octanol–water partition coefficient (Wildman–Crippen LogP) is 0.0872. The first-order chi connectivity index (χ1) is 3.77. The van der Waals surface area contributed by atoms with Crippen molar-refractivity contribution >= 4 is 0 Å². The molecule has 0 amide bonds. The van der Waals surface area contributed by atoms with E-state index in [2.05, 4.69) is 12.2 Å². The normalized spacial score (nSPS) is 38.2. The Kier molecular flexibility index (Phi) is 1.54. The van der Waals surface area contributed by atoms with Crippen molar-refractivity contribution in [1.82, 2.24) is 5.32 Å². The van der Waals surface area contributed by atoms with Crippen LogP contribution >= 0.6 is 0 Å². The molecule has 0 aliphatic carbocycles. The van der Waals surface area contributed by atoms with Gasteiger partial charge in [-0.2, -0.15) is 0 Å². The topological polar surface area (TPSA) is 38.0 Å². The second-order valence-corrected chi connectivity index (χ2v) is 2.80. The van der Waals surface area contributed by atoms with E-state index in [1.807, 2.05) is 0 Å². The van der Waals surface area contributed by atoms with Gasteiger partial charge in [0.25, 0.3) is 0 Å². The summed E-state index contributed by atoms with van der Waals surface area (Å²) in [6, 6.07) is 0. The van der Waals surface area contributed by atoms with E-state index in [4.69, 9.17) is 5.73 Å². The van der Waals surface area contributed by atoms with Crippen LogP contribution in [0.25, 0.3) is 0 Å². The van der Waals surface area contributed by atoms with Crippen LogP contribution in [-0.4, -0.2) is 18.6 Å². The second-order valence-electron chi connectivity index (χ2n) is 2.80. The number of hydrogen-bond donors (Lipinski definition) is 2. The van der Waals surface area contributed by atoms with Crippen LogP contribution < -0.4 is 11.1 Å². The first-order valence-electron chi connectivity index (χ1n) is 3.22. The van der Waals surface area contributed by atoms with Gasteiger partial charge in [0, 0.05) is 12.1 Å². The van der Waals surface area contributed by atoms with E-state index in [0.717, 1.165) is 13.1 Å². The van der Waals surface area contributed by atoms with Gasteiger partial charge in [0.1, 0.15) is 0 Å². The van der Waals surface area contributed by atoms with Gasteiger partial charge in [0.05, 0.1) is 0 Å². The van der Waals surface area contributed by atoms with Gasteiger partial charge in [-0.25, -0.2) is 0 Å². The SMILES string of the molecule is CC1(CN)CCCN1. The molecule has 48 valence electrons. The van der Waals surface area contributed by atoms with Crippen LogP contribution in [0.3, 0.4) is 0 Å². The summed E-state index contributed by atoms with van der Waals surface area (Å²) >= 11 is 0. The smallest absolute Gasteiger partial charge is 0.0276 e. The molecule has 0 saturated carbocycles. The molecule has 0 spiro atoms. The minimum atomic E-state index is 0.264. The highest BCUT2D eigenvalue weighted by Crippen LogP contribution is 2.15. The van der Waals surface area contributed by atoms with Crippen LogP contribution in [0.15, 0.2) is 0 Å². The Morgan fingerprint density at radius 2 is 2.50 bits per heavy atom. The van der Waals surface area contributed by atoms with Crippen molar-refractivity contribution in [2.75, 3.05) is 13.1 Å². The van der Waals surface area contributed by atoms with Gasteiger partial charge < -0.3 is 11.1 Å². The fourth-order valence-electron chi connectivity index (χ4n) is 1.13. The molecule has 8 heavy (non-hydrogen) atoms. The van der Waals surface area contributed by atoms with Crippen LogP contribution in [0.1, 0.15) is 19.8 Å². The third kappa shape index (κ3) is 1.01. The second kappa shape index (κ2) is 2.03. The summed E-state index contributed by atoms with van der Waals surface area (Å²) in [7, 11) is 0. The number of nitrogens with two attached hydrogens (primary N) is 1. The van der Waals surface area contributed by atoms with Crippen molar-refractivity contribution in [2.45, 2.75) is 25.3 Å². The van der Waals surface area contributed by atoms with Gasteiger partial charge in [-0.1, -0.05) is 0 Å². The van der Waals surface area contributed by atoms with Gasteiger partial charge in [-0.15, -0.1) is 0 Å². The molecule has 1 heterocycles. The fourth-order valence-corrected chi connectivity index (χ4v) is 1.13. The van der Waals surface area contributed by atoms with Crippen LogP contribution in [0.4, 0.5) is 0 Å². The molecule has 3 N–H and O–H groups in total. The monoisotopic (exact) mass is 114 g/mol. The van der Waals surface area contributed by atoms with Crippen LogP contribution in [0.2, 0.25) is 0 Å². The molecule has 1 aliphatic rings. The molecule has 0 aromatic rings. The molecule has 0 bridgehead atoms. The van der Waals surface area contributed by atoms with Crippen LogP contribution in [0, 0.1) is 0 Å². The number of hydrogen-bond acceptors (Lipinski definition) is 2. The Bertz CT molecular complexity index is 74.6. The lowest BCUT2D eigenvalue weighted by Crippen LogP contribution is -2.43. The lowest BCUT2D eigenvalue weighted by molar-refractivity contribution is 0.427. The molecule has 1 rings (SSSR count). The Balaban J connectivity index is 2.40. The van der Waals surface area contributed by atoms with Gasteiger partial charge in [-0.05, 0) is 26.3 Å². The molecule has 1 fully saturated rings. The zero-order valence-electron chi connectivity index (χ0n) is 5.41. The Hall–Kier alpha value is -0.0800. The van der Waals surface area contributed by atoms with Crippen LogP contribution in [-0.2, 0) is 0 Å². The maximum atomic E-state index is 5.51. The quantitative estimate of drug-likeness (QED) is 0.507. The summed E-state index contributed by atoms with van der Waals surface area (Å²) in [6.45, 7) is 4.10. The summed E-state index contributed by atoms with van der Waals surface area (Å²) < 4.78 is 0. The Morgan fingerprint density at radius 3 is 2.75 bits per heavy atom. The zero-order valence-corrected chi connectivity index (χ0v) is 5.41. The fraction of sp³-hybridized carbons (Fsp3) is 1.00. The molecule has 0 aromatic carbocycles. The van der Waals surface area contributed by atoms with E-state index in [1.165, 1.54) is 12.8 Å². The van der Waals surface area contributed by atoms with E-state index < -0.39 is 0 Å². The Morgan fingerprint density at radius 1 is 1.75 bits per heavy atom. The van der Waals surface area contributed by atoms with Crippen molar-refractivity contribution in [3.05, 3.63) is 0 Å². The van der Waals surface area contributed by atoms with Gasteiger partial charge >= 0.3 is 0 Å². The third-order valence-corrected chi connectivity index (χ3v) is 1.91. The molecular weight excluding hydrogens is 100 g/mol. The largest absolute Gasteiger partial charge is 0.329 e. The van der Waals surface area contributed by atoms with E-state index in [0.29, 0.717) is 0 Å². The van der Waals surface area contributed by atoms with Crippen molar-refractivity contribution in [3.63, 3.8) is 0 Å². The van der Waals surface area contributed by atoms with Gasteiger partial charge in [0.2, 0.25) is 0 Å². The summed E-state index contributed by atoms with van der Waals surface area (Å²) in [5.41, 5.74) is 5.77. The Labute approximate surface area is 50.4 Å². The van der Waals surface area contributed by atoms with Crippen molar-refractivity contribution in [1.29, 1.82) is 0 Å². The average Bonchev–Trinajstić information content (AvgIpc) is 2.17. The maximum Gasteiger partial charge on any atom is 0.0276 e. The molecule has 1 saturated heterocycles. The van der Waals surface area contributed by atoms with E-state index in [-0.39, 0.29) is 5.54 Å². The predicted molar refractivity (Wildman–Crippen MR) is 34.7 cm³/mol. The average molecular weight is 114 g/mol. The third-order valence-electron chi connectivity index (χ3n) is 1.91. The molecular formula is C6H14N2. The molecule has 1 unspecified atom stereocenters. The van der Waals surface area contributed by atoms with Gasteiger partial charge in [0.15, 0.2) is 0 Å². The summed E-state index contributed by atoms with van der Waals surface area (Å²) in [4.78, 5) is 0. The van der Waals surface area contributed by atoms with E-state index in [9.17, 15) is 0 Å². The lowest BCUT2D eigenvalue weighted by Gasteiger charge is -2.20.